The van der Waals surface area contributed by atoms with Crippen LogP contribution in [0, 0.1) is 5.82 Å². The average molecular weight is 376 g/mol. The van der Waals surface area contributed by atoms with Crippen LogP contribution in [0.1, 0.15) is 6.42 Å². The Kier molecular flexibility index (Phi) is 5.43. The molecule has 7 nitrogen and oxygen atoms in total. The van der Waals surface area contributed by atoms with Crippen LogP contribution in [0.25, 0.3) is 11.4 Å². The quantitative estimate of drug-likeness (QED) is 0.715. The summed E-state index contributed by atoms with van der Waals surface area (Å²) < 4.78 is 18.4. The van der Waals surface area contributed by atoms with E-state index >= 15 is 0 Å². The van der Waals surface area contributed by atoms with Gasteiger partial charge < -0.3 is 10.1 Å². The monoisotopic (exact) mass is 375 g/mol. The molecule has 3 aromatic rings. The first-order chi connectivity index (χ1) is 12.5. The number of carbonyl (C=O) groups is 1. The molecule has 134 valence electrons. The van der Waals surface area contributed by atoms with Crippen molar-refractivity contribution < 1.29 is 13.9 Å². The van der Waals surface area contributed by atoms with E-state index in [1.165, 1.54) is 24.0 Å². The van der Waals surface area contributed by atoms with Gasteiger partial charge in [0.2, 0.25) is 11.7 Å². The van der Waals surface area contributed by atoms with E-state index < -0.39 is 0 Å². The van der Waals surface area contributed by atoms with Crippen LogP contribution in [0.15, 0.2) is 42.5 Å². The maximum Gasteiger partial charge on any atom is 0.226 e. The molecule has 26 heavy (non-hydrogen) atoms. The summed E-state index contributed by atoms with van der Waals surface area (Å²) in [7, 11) is 1.51. The molecule has 9 heteroatoms. The lowest BCUT2D eigenvalue weighted by molar-refractivity contribution is -0.116. The predicted octanol–water partition coefficient (Wildman–Crippen LogP) is 3.17. The molecular weight excluding hydrogens is 361 g/mol. The Morgan fingerprint density at radius 1 is 1.31 bits per heavy atom. The summed E-state index contributed by atoms with van der Waals surface area (Å²) >= 11 is 5.94. The molecule has 0 bridgehead atoms. The summed E-state index contributed by atoms with van der Waals surface area (Å²) in [5.74, 6) is 0.167. The maximum atomic E-state index is 13.3. The fraction of sp³-hybridized carbons (Fsp3) is 0.176. The molecule has 2 aromatic carbocycles. The van der Waals surface area contributed by atoms with Crippen molar-refractivity contribution in [2.24, 2.45) is 0 Å². The number of methoxy groups -OCH3 is 1. The largest absolute Gasteiger partial charge is 0.495 e. The van der Waals surface area contributed by atoms with Gasteiger partial charge in [0.25, 0.3) is 0 Å². The van der Waals surface area contributed by atoms with Gasteiger partial charge in [-0.05, 0) is 35.5 Å². The Bertz CT molecular complexity index is 931. The summed E-state index contributed by atoms with van der Waals surface area (Å²) in [5, 5.41) is 15.1. The van der Waals surface area contributed by atoms with E-state index in [1.807, 2.05) is 0 Å². The molecule has 1 aromatic heterocycles. The van der Waals surface area contributed by atoms with E-state index in [-0.39, 0.29) is 24.7 Å². The highest BCUT2D eigenvalue weighted by atomic mass is 35.5. The molecule has 0 aliphatic rings. The van der Waals surface area contributed by atoms with Crippen LogP contribution in [-0.4, -0.2) is 33.2 Å². The number of carbonyl (C=O) groups excluding carboxylic acids is 1. The second-order valence-electron chi connectivity index (χ2n) is 5.36. The number of anilines is 1. The number of nitrogens with one attached hydrogen (secondary N) is 1. The van der Waals surface area contributed by atoms with Crippen LogP contribution in [0.5, 0.6) is 5.75 Å². The van der Waals surface area contributed by atoms with Crippen molar-refractivity contribution in [3.8, 4) is 17.1 Å². The van der Waals surface area contributed by atoms with Gasteiger partial charge in [-0.2, -0.15) is 4.80 Å². The highest BCUT2D eigenvalue weighted by Gasteiger charge is 2.11. The predicted molar refractivity (Wildman–Crippen MR) is 94.5 cm³/mol. The SMILES string of the molecule is COc1ccc(Cl)cc1NC(=O)CCn1nnc(-c2cccc(F)c2)n1. The number of aryl methyl sites for hydroxylation is 1. The van der Waals surface area contributed by atoms with Gasteiger partial charge in [-0.25, -0.2) is 4.39 Å². The number of ether oxygens (including phenoxy) is 1. The van der Waals surface area contributed by atoms with E-state index in [0.717, 1.165) is 0 Å². The zero-order valence-electron chi connectivity index (χ0n) is 13.8. The number of nitrogens with zero attached hydrogens (tertiary/aromatic N) is 4. The number of benzene rings is 2. The van der Waals surface area contributed by atoms with Crippen molar-refractivity contribution >= 4 is 23.2 Å². The first kappa shape index (κ1) is 17.8. The standard InChI is InChI=1S/C17H15ClFN5O2/c1-26-15-6-5-12(18)10-14(15)20-16(25)7-8-24-22-17(21-23-24)11-3-2-4-13(19)9-11/h2-6,9-10H,7-8H2,1H3,(H,20,25). The highest BCUT2D eigenvalue weighted by molar-refractivity contribution is 6.31. The van der Waals surface area contributed by atoms with E-state index in [1.54, 1.807) is 30.3 Å². The Balaban J connectivity index is 1.61. The average Bonchev–Trinajstić information content (AvgIpc) is 3.09. The molecule has 0 saturated heterocycles. The molecule has 1 amide bonds. The van der Waals surface area contributed by atoms with Crippen molar-refractivity contribution in [2.75, 3.05) is 12.4 Å². The molecule has 0 aliphatic heterocycles. The van der Waals surface area contributed by atoms with Gasteiger partial charge >= 0.3 is 0 Å². The molecule has 1 N–H and O–H groups in total. The molecule has 1 heterocycles. The normalized spacial score (nSPS) is 10.6. The molecule has 0 unspecified atom stereocenters. The smallest absolute Gasteiger partial charge is 0.226 e. The zero-order valence-corrected chi connectivity index (χ0v) is 14.6. The molecule has 0 radical (unpaired) electrons. The van der Waals surface area contributed by atoms with Crippen molar-refractivity contribution in [1.29, 1.82) is 0 Å². The molecule has 0 spiro atoms. The van der Waals surface area contributed by atoms with Crippen LogP contribution in [-0.2, 0) is 11.3 Å². The topological polar surface area (TPSA) is 81.9 Å². The Labute approximate surface area is 153 Å². The number of halogens is 2. The molecule has 3 rings (SSSR count). The van der Waals surface area contributed by atoms with Crippen molar-refractivity contribution in [3.63, 3.8) is 0 Å². The molecular formula is C17H15ClFN5O2. The Morgan fingerprint density at radius 3 is 2.92 bits per heavy atom. The number of amides is 1. The van der Waals surface area contributed by atoms with Gasteiger partial charge in [0.05, 0.1) is 19.3 Å². The second kappa shape index (κ2) is 7.92. The summed E-state index contributed by atoms with van der Waals surface area (Å²) in [6.07, 6.45) is 0.120. The lowest BCUT2D eigenvalue weighted by Gasteiger charge is -2.10. The third-order valence-electron chi connectivity index (χ3n) is 3.51. The fourth-order valence-corrected chi connectivity index (χ4v) is 2.45. The highest BCUT2D eigenvalue weighted by Crippen LogP contribution is 2.27. The Hall–Kier alpha value is -3.00. The van der Waals surface area contributed by atoms with E-state index in [0.29, 0.717) is 27.8 Å². The molecule has 0 aliphatic carbocycles. The summed E-state index contributed by atoms with van der Waals surface area (Å²) in [4.78, 5) is 13.4. The third kappa shape index (κ3) is 4.34. The number of hydrogen-bond donors (Lipinski definition) is 1. The molecule has 0 fully saturated rings. The Morgan fingerprint density at radius 2 is 2.15 bits per heavy atom. The van der Waals surface area contributed by atoms with Gasteiger partial charge in [-0.1, -0.05) is 23.7 Å². The molecule has 0 saturated carbocycles. The van der Waals surface area contributed by atoms with Crippen molar-refractivity contribution in [3.05, 3.63) is 53.3 Å². The molecule has 0 atom stereocenters. The van der Waals surface area contributed by atoms with Gasteiger partial charge in [0.15, 0.2) is 0 Å². The lowest BCUT2D eigenvalue weighted by Crippen LogP contribution is -2.16. The van der Waals surface area contributed by atoms with E-state index in [4.69, 9.17) is 16.3 Å². The summed E-state index contributed by atoms with van der Waals surface area (Å²) in [6.45, 7) is 0.219. The maximum absolute atomic E-state index is 13.3. The summed E-state index contributed by atoms with van der Waals surface area (Å²) in [6, 6.07) is 10.8. The van der Waals surface area contributed by atoms with Crippen LogP contribution >= 0.6 is 11.6 Å². The zero-order chi connectivity index (χ0) is 18.5. The van der Waals surface area contributed by atoms with Crippen molar-refractivity contribution in [2.45, 2.75) is 13.0 Å². The van der Waals surface area contributed by atoms with Crippen LogP contribution in [0.3, 0.4) is 0 Å². The first-order valence-electron chi connectivity index (χ1n) is 7.72. The third-order valence-corrected chi connectivity index (χ3v) is 3.75. The van der Waals surface area contributed by atoms with Crippen LogP contribution in [0.2, 0.25) is 5.02 Å². The fourth-order valence-electron chi connectivity index (χ4n) is 2.27. The minimum Gasteiger partial charge on any atom is -0.495 e. The minimum absolute atomic E-state index is 0.120. The second-order valence-corrected chi connectivity index (χ2v) is 5.80. The summed E-state index contributed by atoms with van der Waals surface area (Å²) in [5.41, 5.74) is 1.00. The van der Waals surface area contributed by atoms with E-state index in [9.17, 15) is 9.18 Å². The number of tetrazole rings is 1. The number of rotatable bonds is 6. The van der Waals surface area contributed by atoms with E-state index in [2.05, 4.69) is 20.7 Å². The van der Waals surface area contributed by atoms with Crippen LogP contribution < -0.4 is 10.1 Å². The number of hydrogen-bond acceptors (Lipinski definition) is 5. The number of aromatic nitrogens is 4. The first-order valence-corrected chi connectivity index (χ1v) is 8.10. The lowest BCUT2D eigenvalue weighted by atomic mass is 10.2. The van der Waals surface area contributed by atoms with Crippen LogP contribution in [0.4, 0.5) is 10.1 Å². The van der Waals surface area contributed by atoms with Gasteiger partial charge in [-0.3, -0.25) is 4.79 Å². The van der Waals surface area contributed by atoms with Gasteiger partial charge in [0, 0.05) is 17.0 Å². The van der Waals surface area contributed by atoms with Gasteiger partial charge in [0.1, 0.15) is 11.6 Å². The van der Waals surface area contributed by atoms with Gasteiger partial charge in [-0.15, -0.1) is 10.2 Å². The van der Waals surface area contributed by atoms with Crippen molar-refractivity contribution in [1.82, 2.24) is 20.2 Å². The minimum atomic E-state index is -0.381.